The molecule has 0 aromatic heterocycles. The molecule has 29 heavy (non-hydrogen) atoms. The minimum Gasteiger partial charge on any atom is -0.372 e. The van der Waals surface area contributed by atoms with Gasteiger partial charge < -0.3 is 15.7 Å². The van der Waals surface area contributed by atoms with Crippen molar-refractivity contribution in [1.29, 1.82) is 0 Å². The van der Waals surface area contributed by atoms with E-state index in [0.717, 1.165) is 25.9 Å². The molecule has 1 fully saturated rings. The lowest BCUT2D eigenvalue weighted by atomic mass is 9.86. The monoisotopic (exact) mass is 417 g/mol. The quantitative estimate of drug-likeness (QED) is 0.733. The summed E-state index contributed by atoms with van der Waals surface area (Å²) in [7, 11) is -0.0622. The van der Waals surface area contributed by atoms with Crippen molar-refractivity contribution in [2.24, 2.45) is 5.73 Å². The fraction of sp³-hybridized carbons (Fsp3) is 0.381. The lowest BCUT2D eigenvalue weighted by Gasteiger charge is -2.34. The van der Waals surface area contributed by atoms with Crippen molar-refractivity contribution < 1.29 is 18.3 Å². The highest BCUT2D eigenvalue weighted by molar-refractivity contribution is 7.89. The number of likely N-dealkylation sites (tertiary alicyclic amines) is 1. The second kappa shape index (κ2) is 8.23. The number of hydrogen-bond donors (Lipinski definition) is 2. The highest BCUT2D eigenvalue weighted by atomic mass is 32.2. The molecule has 0 radical (unpaired) electrons. The molecule has 0 bridgehead atoms. The number of rotatable bonds is 6. The number of benzene rings is 2. The Morgan fingerprint density at radius 2 is 1.59 bits per heavy atom. The van der Waals surface area contributed by atoms with Gasteiger partial charge in [0, 0.05) is 13.1 Å². The second-order valence-electron chi connectivity index (χ2n) is 7.52. The first-order valence-corrected chi connectivity index (χ1v) is 11.0. The first kappa shape index (κ1) is 21.4. The fourth-order valence-electron chi connectivity index (χ4n) is 3.72. The Bertz CT molecular complexity index is 955. The van der Waals surface area contributed by atoms with Crippen molar-refractivity contribution in [3.63, 3.8) is 0 Å². The number of piperidine rings is 1. The smallest absolute Gasteiger partial charge is 0.258 e. The van der Waals surface area contributed by atoms with E-state index >= 15 is 0 Å². The van der Waals surface area contributed by atoms with Crippen LogP contribution in [-0.4, -0.2) is 61.9 Å². The highest BCUT2D eigenvalue weighted by Crippen LogP contribution is 2.31. The third-order valence-electron chi connectivity index (χ3n) is 5.70. The van der Waals surface area contributed by atoms with Gasteiger partial charge in [0.2, 0.25) is 10.0 Å². The number of hydrogen-bond acceptors (Lipinski definition) is 5. The van der Waals surface area contributed by atoms with Crippen molar-refractivity contribution in [3.8, 4) is 0 Å². The van der Waals surface area contributed by atoms with Crippen molar-refractivity contribution in [2.45, 2.75) is 29.4 Å². The molecule has 156 valence electrons. The van der Waals surface area contributed by atoms with Gasteiger partial charge in [0.25, 0.3) is 5.91 Å². The SMILES string of the molecule is CN1CCC(N(C)S(=O)(=O)c2ccc(C(O)(C(N)=O)c3ccccc3)cc2)CC1. The van der Waals surface area contributed by atoms with E-state index in [1.54, 1.807) is 37.4 Å². The minimum atomic E-state index is -3.69. The van der Waals surface area contributed by atoms with Crippen LogP contribution in [0.3, 0.4) is 0 Å². The maximum absolute atomic E-state index is 13.0. The van der Waals surface area contributed by atoms with Gasteiger partial charge in [-0.15, -0.1) is 0 Å². The zero-order valence-corrected chi connectivity index (χ0v) is 17.5. The van der Waals surface area contributed by atoms with Crippen LogP contribution in [0.25, 0.3) is 0 Å². The summed E-state index contributed by atoms with van der Waals surface area (Å²) in [5, 5.41) is 11.0. The summed E-state index contributed by atoms with van der Waals surface area (Å²) in [6.07, 6.45) is 1.56. The first-order chi connectivity index (χ1) is 13.7. The van der Waals surface area contributed by atoms with E-state index in [2.05, 4.69) is 4.90 Å². The normalized spacial score (nSPS) is 18.5. The van der Waals surface area contributed by atoms with Crippen LogP contribution in [0.15, 0.2) is 59.5 Å². The van der Waals surface area contributed by atoms with Crippen molar-refractivity contribution in [2.75, 3.05) is 27.2 Å². The molecule has 2 aromatic carbocycles. The summed E-state index contributed by atoms with van der Waals surface area (Å²) < 4.78 is 27.5. The van der Waals surface area contributed by atoms with Crippen molar-refractivity contribution in [1.82, 2.24) is 9.21 Å². The molecule has 8 heteroatoms. The molecule has 1 saturated heterocycles. The zero-order valence-electron chi connectivity index (χ0n) is 16.7. The predicted octanol–water partition coefficient (Wildman–Crippen LogP) is 1.12. The number of amides is 1. The van der Waals surface area contributed by atoms with Crippen LogP contribution >= 0.6 is 0 Å². The molecular formula is C21H27N3O4S. The summed E-state index contributed by atoms with van der Waals surface area (Å²) in [5.41, 5.74) is 4.00. The number of nitrogens with zero attached hydrogens (tertiary/aromatic N) is 2. The predicted molar refractivity (Wildman–Crippen MR) is 111 cm³/mol. The van der Waals surface area contributed by atoms with E-state index in [1.807, 2.05) is 7.05 Å². The van der Waals surface area contributed by atoms with Gasteiger partial charge in [-0.3, -0.25) is 4.79 Å². The molecule has 1 aliphatic rings. The number of aliphatic hydroxyl groups is 1. The second-order valence-corrected chi connectivity index (χ2v) is 9.52. The number of carbonyl (C=O) groups is 1. The summed E-state index contributed by atoms with van der Waals surface area (Å²) >= 11 is 0. The van der Waals surface area contributed by atoms with Crippen LogP contribution in [0, 0.1) is 0 Å². The summed E-state index contributed by atoms with van der Waals surface area (Å²) in [6, 6.07) is 14.0. The van der Waals surface area contributed by atoms with Crippen LogP contribution in [0.1, 0.15) is 24.0 Å². The molecule has 1 heterocycles. The highest BCUT2D eigenvalue weighted by Gasteiger charge is 2.38. The van der Waals surface area contributed by atoms with Crippen molar-refractivity contribution in [3.05, 3.63) is 65.7 Å². The van der Waals surface area contributed by atoms with Crippen LogP contribution in [0.5, 0.6) is 0 Å². The average molecular weight is 418 g/mol. The molecule has 0 saturated carbocycles. The Morgan fingerprint density at radius 1 is 1.07 bits per heavy atom. The summed E-state index contributed by atoms with van der Waals surface area (Å²) in [6.45, 7) is 1.71. The molecule has 1 atom stereocenters. The molecule has 1 unspecified atom stereocenters. The van der Waals surface area contributed by atoms with Gasteiger partial charge >= 0.3 is 0 Å². The molecule has 7 nitrogen and oxygen atoms in total. The van der Waals surface area contributed by atoms with E-state index in [9.17, 15) is 18.3 Å². The van der Waals surface area contributed by atoms with Gasteiger partial charge in [-0.1, -0.05) is 42.5 Å². The van der Waals surface area contributed by atoms with Crippen LogP contribution in [0.4, 0.5) is 0 Å². The molecule has 0 aliphatic carbocycles. The summed E-state index contributed by atoms with van der Waals surface area (Å²) in [4.78, 5) is 14.4. The lowest BCUT2D eigenvalue weighted by Crippen LogP contribution is -2.44. The molecular weight excluding hydrogens is 390 g/mol. The fourth-order valence-corrected chi connectivity index (χ4v) is 5.14. The first-order valence-electron chi connectivity index (χ1n) is 9.52. The Kier molecular flexibility index (Phi) is 6.09. The van der Waals surface area contributed by atoms with Gasteiger partial charge in [-0.2, -0.15) is 4.31 Å². The number of carbonyl (C=O) groups excluding carboxylic acids is 1. The van der Waals surface area contributed by atoms with Crippen LogP contribution < -0.4 is 5.73 Å². The lowest BCUT2D eigenvalue weighted by molar-refractivity contribution is -0.133. The number of sulfonamides is 1. The maximum Gasteiger partial charge on any atom is 0.258 e. The maximum atomic E-state index is 13.0. The molecule has 3 rings (SSSR count). The Balaban J connectivity index is 1.90. The molecule has 1 amide bonds. The third kappa shape index (κ3) is 4.06. The largest absolute Gasteiger partial charge is 0.372 e. The van der Waals surface area contributed by atoms with Gasteiger partial charge in [-0.05, 0) is 56.2 Å². The van der Waals surface area contributed by atoms with Crippen LogP contribution in [-0.2, 0) is 20.4 Å². The Hall–Kier alpha value is -2.26. The van der Waals surface area contributed by atoms with Gasteiger partial charge in [-0.25, -0.2) is 8.42 Å². The molecule has 3 N–H and O–H groups in total. The van der Waals surface area contributed by atoms with E-state index < -0.39 is 21.5 Å². The van der Waals surface area contributed by atoms with E-state index in [0.29, 0.717) is 5.56 Å². The van der Waals surface area contributed by atoms with E-state index in [4.69, 9.17) is 5.73 Å². The topological polar surface area (TPSA) is 104 Å². The molecule has 1 aliphatic heterocycles. The standard InChI is InChI=1S/C21H27N3O4S/c1-23-14-12-18(13-15-23)24(2)29(27,28)19-10-8-17(9-11-19)21(26,20(22)25)16-6-4-3-5-7-16/h3-11,18,26H,12-15H2,1-2H3,(H2,22,25). The zero-order chi connectivity index (χ0) is 21.2. The number of primary amides is 1. The van der Waals surface area contributed by atoms with E-state index in [-0.39, 0.29) is 16.5 Å². The van der Waals surface area contributed by atoms with Crippen LogP contribution in [0.2, 0.25) is 0 Å². The van der Waals surface area contributed by atoms with Gasteiger partial charge in [0.05, 0.1) is 4.90 Å². The Labute approximate surface area is 171 Å². The van der Waals surface area contributed by atoms with E-state index in [1.165, 1.54) is 28.6 Å². The minimum absolute atomic E-state index is 0.0530. The van der Waals surface area contributed by atoms with Crippen molar-refractivity contribution >= 4 is 15.9 Å². The molecule has 2 aromatic rings. The third-order valence-corrected chi connectivity index (χ3v) is 7.62. The van der Waals surface area contributed by atoms with Gasteiger partial charge in [0.1, 0.15) is 0 Å². The number of nitrogens with two attached hydrogens (primary N) is 1. The molecule has 0 spiro atoms. The average Bonchev–Trinajstić information content (AvgIpc) is 2.73. The summed E-state index contributed by atoms with van der Waals surface area (Å²) in [5.74, 6) is -0.928. The Morgan fingerprint density at radius 3 is 2.10 bits per heavy atom. The van der Waals surface area contributed by atoms with Gasteiger partial charge in [0.15, 0.2) is 5.60 Å².